The van der Waals surface area contributed by atoms with E-state index in [0.717, 1.165) is 63.4 Å². The zero-order valence-electron chi connectivity index (χ0n) is 19.2. The largest absolute Gasteiger partial charge is 0.744 e. The molecule has 0 saturated heterocycles. The SMILES string of the molecule is Cc1ccc(S(=O)(=O)[O-])c(CCCCCCCCCCCN2C(=O)c3ccccc3C2=O)c1. The van der Waals surface area contributed by atoms with Crippen LogP contribution in [0.15, 0.2) is 47.4 Å². The number of unbranched alkanes of at least 4 members (excludes halogenated alkanes) is 8. The summed E-state index contributed by atoms with van der Waals surface area (Å²) in [5, 5.41) is 0. The lowest BCUT2D eigenvalue weighted by Crippen LogP contribution is -2.30. The summed E-state index contributed by atoms with van der Waals surface area (Å²) in [6, 6.07) is 11.9. The Morgan fingerprint density at radius 3 is 1.82 bits per heavy atom. The van der Waals surface area contributed by atoms with Gasteiger partial charge < -0.3 is 4.55 Å². The number of carbonyl (C=O) groups is 2. The van der Waals surface area contributed by atoms with Gasteiger partial charge in [-0.1, -0.05) is 74.8 Å². The molecule has 2 amide bonds. The van der Waals surface area contributed by atoms with Gasteiger partial charge >= 0.3 is 0 Å². The molecular weight excluding hydrogens is 438 g/mol. The third-order valence-corrected chi connectivity index (χ3v) is 7.13. The Morgan fingerprint density at radius 2 is 1.27 bits per heavy atom. The van der Waals surface area contributed by atoms with E-state index < -0.39 is 10.1 Å². The molecule has 0 aliphatic carbocycles. The fraction of sp³-hybridized carbons (Fsp3) is 0.462. The topological polar surface area (TPSA) is 94.6 Å². The first-order valence-electron chi connectivity index (χ1n) is 11.8. The summed E-state index contributed by atoms with van der Waals surface area (Å²) in [6.07, 6.45) is 9.85. The first kappa shape index (κ1) is 25.1. The molecule has 1 heterocycles. The normalized spacial score (nSPS) is 13.6. The minimum atomic E-state index is -4.43. The molecule has 0 saturated carbocycles. The van der Waals surface area contributed by atoms with E-state index in [0.29, 0.717) is 29.7 Å². The lowest BCUT2D eigenvalue weighted by atomic mass is 10.0. The summed E-state index contributed by atoms with van der Waals surface area (Å²) in [6.45, 7) is 2.37. The van der Waals surface area contributed by atoms with Crippen molar-refractivity contribution in [2.75, 3.05) is 6.54 Å². The number of carbonyl (C=O) groups excluding carboxylic acids is 2. The van der Waals surface area contributed by atoms with Gasteiger partial charge in [0.15, 0.2) is 0 Å². The molecular formula is C26H32NO5S-. The van der Waals surface area contributed by atoms with Gasteiger partial charge in [-0.3, -0.25) is 14.5 Å². The molecule has 33 heavy (non-hydrogen) atoms. The van der Waals surface area contributed by atoms with Gasteiger partial charge in [0.1, 0.15) is 10.1 Å². The minimum absolute atomic E-state index is 0.0886. The number of hydrogen-bond acceptors (Lipinski definition) is 5. The Balaban J connectivity index is 1.24. The van der Waals surface area contributed by atoms with Crippen LogP contribution in [0.25, 0.3) is 0 Å². The third-order valence-electron chi connectivity index (χ3n) is 6.19. The van der Waals surface area contributed by atoms with Crippen molar-refractivity contribution in [3.63, 3.8) is 0 Å². The Kier molecular flexibility index (Phi) is 8.80. The predicted molar refractivity (Wildman–Crippen MR) is 126 cm³/mol. The van der Waals surface area contributed by atoms with Crippen molar-refractivity contribution in [2.45, 2.75) is 76.0 Å². The van der Waals surface area contributed by atoms with Crippen LogP contribution in [0.4, 0.5) is 0 Å². The van der Waals surface area contributed by atoms with Crippen LogP contribution in [0.3, 0.4) is 0 Å². The highest BCUT2D eigenvalue weighted by Gasteiger charge is 2.34. The molecule has 2 aromatic rings. The second-order valence-electron chi connectivity index (χ2n) is 8.80. The predicted octanol–water partition coefficient (Wildman–Crippen LogP) is 5.25. The van der Waals surface area contributed by atoms with Crippen LogP contribution >= 0.6 is 0 Å². The second kappa shape index (κ2) is 11.6. The second-order valence-corrected chi connectivity index (χ2v) is 10.2. The van der Waals surface area contributed by atoms with Gasteiger partial charge in [0, 0.05) is 6.54 Å². The van der Waals surface area contributed by atoms with Crippen molar-refractivity contribution in [3.05, 3.63) is 64.7 Å². The van der Waals surface area contributed by atoms with E-state index in [9.17, 15) is 22.6 Å². The van der Waals surface area contributed by atoms with E-state index in [1.165, 1.54) is 11.0 Å². The number of amides is 2. The first-order chi connectivity index (χ1) is 15.8. The van der Waals surface area contributed by atoms with E-state index in [4.69, 9.17) is 0 Å². The van der Waals surface area contributed by atoms with E-state index in [-0.39, 0.29) is 16.7 Å². The highest BCUT2D eigenvalue weighted by Crippen LogP contribution is 2.23. The zero-order chi connectivity index (χ0) is 23.8. The van der Waals surface area contributed by atoms with Gasteiger partial charge in [-0.15, -0.1) is 0 Å². The maximum atomic E-state index is 12.3. The monoisotopic (exact) mass is 470 g/mol. The van der Waals surface area contributed by atoms with Crippen LogP contribution in [0, 0.1) is 6.92 Å². The maximum Gasteiger partial charge on any atom is 0.261 e. The molecule has 0 fully saturated rings. The molecule has 0 atom stereocenters. The van der Waals surface area contributed by atoms with Gasteiger partial charge in [-0.25, -0.2) is 8.42 Å². The van der Waals surface area contributed by atoms with Crippen LogP contribution in [0.5, 0.6) is 0 Å². The number of nitrogens with zero attached hydrogens (tertiary/aromatic N) is 1. The van der Waals surface area contributed by atoms with Gasteiger partial charge in [-0.05, 0) is 49.9 Å². The summed E-state index contributed by atoms with van der Waals surface area (Å²) in [4.78, 5) is 25.9. The van der Waals surface area contributed by atoms with Crippen molar-refractivity contribution < 1.29 is 22.6 Å². The lowest BCUT2D eigenvalue weighted by Gasteiger charge is -2.14. The lowest BCUT2D eigenvalue weighted by molar-refractivity contribution is 0.0651. The van der Waals surface area contributed by atoms with Crippen LogP contribution < -0.4 is 0 Å². The highest BCUT2D eigenvalue weighted by molar-refractivity contribution is 7.85. The van der Waals surface area contributed by atoms with Gasteiger partial charge in [0.2, 0.25) is 0 Å². The Bertz CT molecular complexity index is 1060. The number of imide groups is 1. The van der Waals surface area contributed by atoms with Crippen molar-refractivity contribution in [1.82, 2.24) is 4.90 Å². The summed E-state index contributed by atoms with van der Waals surface area (Å²) in [5.74, 6) is -0.359. The molecule has 0 unspecified atom stereocenters. The van der Waals surface area contributed by atoms with E-state index in [1.54, 1.807) is 36.4 Å². The van der Waals surface area contributed by atoms with Gasteiger partial charge in [0.25, 0.3) is 11.8 Å². The molecule has 0 aromatic heterocycles. The standard InChI is InChI=1S/C26H33NO5S/c1-20-16-17-24(33(30,31)32)21(19-20)13-9-7-5-3-2-4-6-8-12-18-27-25(28)22-14-10-11-15-23(22)26(27)29/h10-11,14-17,19H,2-9,12-13,18H2,1H3,(H,30,31,32)/p-1. The molecule has 6 nitrogen and oxygen atoms in total. The molecule has 178 valence electrons. The van der Waals surface area contributed by atoms with Gasteiger partial charge in [-0.2, -0.15) is 0 Å². The Hall–Kier alpha value is -2.51. The average molecular weight is 471 g/mol. The van der Waals surface area contributed by atoms with Crippen molar-refractivity contribution >= 4 is 21.9 Å². The quantitative estimate of drug-likeness (QED) is 0.226. The van der Waals surface area contributed by atoms with Crippen molar-refractivity contribution in [1.29, 1.82) is 0 Å². The molecule has 0 N–H and O–H groups in total. The summed E-state index contributed by atoms with van der Waals surface area (Å²) >= 11 is 0. The van der Waals surface area contributed by atoms with Crippen LogP contribution in [-0.2, 0) is 16.5 Å². The van der Waals surface area contributed by atoms with Gasteiger partial charge in [0.05, 0.1) is 16.0 Å². The molecule has 0 bridgehead atoms. The Morgan fingerprint density at radius 1 is 0.758 bits per heavy atom. The van der Waals surface area contributed by atoms with Crippen molar-refractivity contribution in [2.24, 2.45) is 0 Å². The number of hydrogen-bond donors (Lipinski definition) is 0. The molecule has 7 heteroatoms. The fourth-order valence-corrected chi connectivity index (χ4v) is 5.13. The van der Waals surface area contributed by atoms with E-state index >= 15 is 0 Å². The molecule has 3 rings (SSSR count). The zero-order valence-corrected chi connectivity index (χ0v) is 20.0. The highest BCUT2D eigenvalue weighted by atomic mass is 32.2. The van der Waals surface area contributed by atoms with Crippen LogP contribution in [-0.4, -0.2) is 36.2 Å². The molecule has 1 aliphatic rings. The van der Waals surface area contributed by atoms with Crippen LogP contribution in [0.1, 0.15) is 89.6 Å². The van der Waals surface area contributed by atoms with E-state index in [1.807, 2.05) is 6.92 Å². The molecule has 0 spiro atoms. The van der Waals surface area contributed by atoms with Crippen LogP contribution in [0.2, 0.25) is 0 Å². The molecule has 0 radical (unpaired) electrons. The first-order valence-corrected chi connectivity index (χ1v) is 13.2. The van der Waals surface area contributed by atoms with E-state index in [2.05, 4.69) is 0 Å². The molecule has 1 aliphatic heterocycles. The number of rotatable bonds is 13. The van der Waals surface area contributed by atoms with Crippen molar-refractivity contribution in [3.8, 4) is 0 Å². The smallest absolute Gasteiger partial charge is 0.261 e. The summed E-state index contributed by atoms with van der Waals surface area (Å²) in [5.41, 5.74) is 2.61. The summed E-state index contributed by atoms with van der Waals surface area (Å²) in [7, 11) is -4.43. The number of aryl methyl sites for hydroxylation is 2. The fourth-order valence-electron chi connectivity index (χ4n) is 4.41. The summed E-state index contributed by atoms with van der Waals surface area (Å²) < 4.78 is 34.2. The number of fused-ring (bicyclic) bond motifs is 1. The third kappa shape index (κ3) is 6.74. The molecule has 2 aromatic carbocycles. The maximum absolute atomic E-state index is 12.3. The minimum Gasteiger partial charge on any atom is -0.744 e. The average Bonchev–Trinajstić information content (AvgIpc) is 3.01. The number of benzene rings is 2. The Labute approximate surface area is 196 Å².